The van der Waals surface area contributed by atoms with Crippen molar-refractivity contribution in [2.45, 2.75) is 12.3 Å². The van der Waals surface area contributed by atoms with Crippen LogP contribution in [0.4, 0.5) is 8.78 Å². The molecule has 1 unspecified atom stereocenters. The minimum Gasteiger partial charge on any atom is -0.497 e. The van der Waals surface area contributed by atoms with Crippen LogP contribution in [0.5, 0.6) is 5.75 Å². The number of ether oxygens (including phenoxy) is 1. The number of halogens is 3. The molecule has 2 rings (SSSR count). The van der Waals surface area contributed by atoms with E-state index in [9.17, 15) is 8.78 Å². The molecule has 0 aliphatic heterocycles. The van der Waals surface area contributed by atoms with Gasteiger partial charge in [-0.15, -0.1) is 11.6 Å². The first kappa shape index (κ1) is 13.8. The van der Waals surface area contributed by atoms with Crippen molar-refractivity contribution in [2.24, 2.45) is 0 Å². The van der Waals surface area contributed by atoms with Crippen molar-refractivity contribution in [3.63, 3.8) is 0 Å². The molecule has 1 nitrogen and oxygen atoms in total. The topological polar surface area (TPSA) is 9.23 Å². The molecule has 0 aromatic heterocycles. The maximum Gasteiger partial charge on any atom is 0.134 e. The van der Waals surface area contributed by atoms with E-state index in [1.54, 1.807) is 38.3 Å². The lowest BCUT2D eigenvalue weighted by atomic mass is 10.0. The van der Waals surface area contributed by atoms with Crippen molar-refractivity contribution in [3.8, 4) is 5.75 Å². The Balaban J connectivity index is 2.43. The largest absolute Gasteiger partial charge is 0.497 e. The normalized spacial score (nSPS) is 12.3. The van der Waals surface area contributed by atoms with E-state index in [1.807, 2.05) is 0 Å². The highest BCUT2D eigenvalue weighted by molar-refractivity contribution is 6.22. The summed E-state index contributed by atoms with van der Waals surface area (Å²) in [5.74, 6) is -0.576. The van der Waals surface area contributed by atoms with Crippen molar-refractivity contribution in [3.05, 3.63) is 64.7 Å². The molecular formula is C15H13ClF2O. The lowest BCUT2D eigenvalue weighted by Gasteiger charge is -2.14. The molecule has 0 amide bonds. The lowest BCUT2D eigenvalue weighted by molar-refractivity contribution is 0.414. The van der Waals surface area contributed by atoms with E-state index < -0.39 is 17.0 Å². The second-order valence-electron chi connectivity index (χ2n) is 4.23. The van der Waals surface area contributed by atoms with Crippen LogP contribution >= 0.6 is 11.6 Å². The molecule has 1 atom stereocenters. The Morgan fingerprint density at radius 3 is 2.26 bits per heavy atom. The third-order valence-electron chi connectivity index (χ3n) is 2.98. The number of benzene rings is 2. The average Bonchev–Trinajstić information content (AvgIpc) is 2.43. The van der Waals surface area contributed by atoms with Crippen molar-refractivity contribution < 1.29 is 13.5 Å². The summed E-state index contributed by atoms with van der Waals surface area (Å²) in [6, 6.07) is 9.42. The fourth-order valence-electron chi connectivity index (χ4n) is 1.85. The summed E-state index contributed by atoms with van der Waals surface area (Å²) in [7, 11) is 1.55. The van der Waals surface area contributed by atoms with Gasteiger partial charge < -0.3 is 4.74 Å². The molecule has 0 bridgehead atoms. The first-order chi connectivity index (χ1) is 9.04. The molecule has 0 radical (unpaired) electrons. The molecule has 0 saturated heterocycles. The summed E-state index contributed by atoms with van der Waals surface area (Å²) in [5.41, 5.74) is 0.869. The van der Waals surface area contributed by atoms with E-state index in [-0.39, 0.29) is 5.56 Å². The summed E-state index contributed by atoms with van der Waals surface area (Å²) < 4.78 is 32.8. The summed E-state index contributed by atoms with van der Waals surface area (Å²) >= 11 is 6.19. The highest BCUT2D eigenvalue weighted by atomic mass is 35.5. The molecule has 0 heterocycles. The molecule has 4 heteroatoms. The standard InChI is InChI=1S/C15H13ClF2O/c1-9-3-8-12(17)13(15(9)18)14(16)10-4-6-11(19-2)7-5-10/h3-8,14H,1-2H3. The Morgan fingerprint density at radius 2 is 1.68 bits per heavy atom. The maximum atomic E-state index is 14.0. The zero-order valence-electron chi connectivity index (χ0n) is 10.6. The van der Waals surface area contributed by atoms with E-state index in [0.717, 1.165) is 0 Å². The average molecular weight is 283 g/mol. The zero-order chi connectivity index (χ0) is 14.0. The summed E-state index contributed by atoms with van der Waals surface area (Å²) in [5, 5.41) is -0.870. The van der Waals surface area contributed by atoms with Gasteiger partial charge in [-0.1, -0.05) is 18.2 Å². The van der Waals surface area contributed by atoms with E-state index in [1.165, 1.54) is 12.1 Å². The Hall–Kier alpha value is -1.61. The predicted molar refractivity (Wildman–Crippen MR) is 71.8 cm³/mol. The van der Waals surface area contributed by atoms with Crippen molar-refractivity contribution >= 4 is 11.6 Å². The summed E-state index contributed by atoms with van der Waals surface area (Å²) in [4.78, 5) is 0. The van der Waals surface area contributed by atoms with Gasteiger partial charge in [-0.05, 0) is 36.2 Å². The monoisotopic (exact) mass is 282 g/mol. The minimum absolute atomic E-state index is 0.119. The molecule has 0 spiro atoms. The minimum atomic E-state index is -0.870. The van der Waals surface area contributed by atoms with Crippen molar-refractivity contribution in [2.75, 3.05) is 7.11 Å². The van der Waals surface area contributed by atoms with Gasteiger partial charge in [0.2, 0.25) is 0 Å². The maximum absolute atomic E-state index is 14.0. The Bertz CT molecular complexity index is 581. The van der Waals surface area contributed by atoms with Gasteiger partial charge in [-0.2, -0.15) is 0 Å². The second-order valence-corrected chi connectivity index (χ2v) is 4.66. The Labute approximate surface area is 115 Å². The highest BCUT2D eigenvalue weighted by Crippen LogP contribution is 2.34. The third kappa shape index (κ3) is 2.71. The van der Waals surface area contributed by atoms with Crippen LogP contribution in [0.2, 0.25) is 0 Å². The SMILES string of the molecule is COc1ccc(C(Cl)c2c(F)ccc(C)c2F)cc1. The van der Waals surface area contributed by atoms with Gasteiger partial charge in [0.15, 0.2) is 0 Å². The van der Waals surface area contributed by atoms with E-state index in [4.69, 9.17) is 16.3 Å². The van der Waals surface area contributed by atoms with E-state index in [0.29, 0.717) is 16.9 Å². The first-order valence-corrected chi connectivity index (χ1v) is 6.20. The predicted octanol–water partition coefficient (Wildman–Crippen LogP) is 4.61. The van der Waals surface area contributed by atoms with E-state index in [2.05, 4.69) is 0 Å². The van der Waals surface area contributed by atoms with Gasteiger partial charge in [0.1, 0.15) is 17.4 Å². The second kappa shape index (κ2) is 5.57. The smallest absolute Gasteiger partial charge is 0.134 e. The number of methoxy groups -OCH3 is 1. The molecule has 0 aliphatic rings. The van der Waals surface area contributed by atoms with Gasteiger partial charge >= 0.3 is 0 Å². The van der Waals surface area contributed by atoms with E-state index >= 15 is 0 Å². The van der Waals surface area contributed by atoms with Crippen LogP contribution in [0.15, 0.2) is 36.4 Å². The molecule has 0 aliphatic carbocycles. The fraction of sp³-hybridized carbons (Fsp3) is 0.200. The van der Waals surface area contributed by atoms with Crippen molar-refractivity contribution in [1.29, 1.82) is 0 Å². The van der Waals surface area contributed by atoms with Crippen LogP contribution in [0, 0.1) is 18.6 Å². The molecular weight excluding hydrogens is 270 g/mol. The highest BCUT2D eigenvalue weighted by Gasteiger charge is 2.21. The lowest BCUT2D eigenvalue weighted by Crippen LogP contribution is -2.03. The quantitative estimate of drug-likeness (QED) is 0.747. The van der Waals surface area contributed by atoms with Crippen molar-refractivity contribution in [1.82, 2.24) is 0 Å². The van der Waals surface area contributed by atoms with Gasteiger partial charge in [-0.3, -0.25) is 0 Å². The van der Waals surface area contributed by atoms with Gasteiger partial charge in [0, 0.05) is 5.56 Å². The molecule has 19 heavy (non-hydrogen) atoms. The molecule has 0 saturated carbocycles. The third-order valence-corrected chi connectivity index (χ3v) is 3.45. The summed E-state index contributed by atoms with van der Waals surface area (Å²) in [6.07, 6.45) is 0. The van der Waals surface area contributed by atoms with Crippen LogP contribution in [0.25, 0.3) is 0 Å². The molecule has 2 aromatic rings. The van der Waals surface area contributed by atoms with Crippen LogP contribution in [-0.4, -0.2) is 7.11 Å². The number of hydrogen-bond acceptors (Lipinski definition) is 1. The van der Waals surface area contributed by atoms with Crippen LogP contribution < -0.4 is 4.74 Å². The number of aryl methyl sites for hydroxylation is 1. The number of alkyl halides is 1. The summed E-state index contributed by atoms with van der Waals surface area (Å²) in [6.45, 7) is 1.58. The van der Waals surface area contributed by atoms with Crippen LogP contribution in [0.3, 0.4) is 0 Å². The zero-order valence-corrected chi connectivity index (χ0v) is 11.3. The Morgan fingerprint density at radius 1 is 1.05 bits per heavy atom. The van der Waals surface area contributed by atoms with Gasteiger partial charge in [0.05, 0.1) is 12.5 Å². The van der Waals surface area contributed by atoms with Crippen LogP contribution in [0.1, 0.15) is 22.1 Å². The van der Waals surface area contributed by atoms with Gasteiger partial charge in [-0.25, -0.2) is 8.78 Å². The molecule has 0 N–H and O–H groups in total. The first-order valence-electron chi connectivity index (χ1n) is 5.77. The van der Waals surface area contributed by atoms with Gasteiger partial charge in [0.25, 0.3) is 0 Å². The number of rotatable bonds is 3. The number of hydrogen-bond donors (Lipinski definition) is 0. The molecule has 2 aromatic carbocycles. The molecule has 0 fully saturated rings. The Kier molecular flexibility index (Phi) is 4.05. The van der Waals surface area contributed by atoms with Crippen LogP contribution in [-0.2, 0) is 0 Å². The fourth-order valence-corrected chi connectivity index (χ4v) is 2.20. The molecule has 100 valence electrons.